The van der Waals surface area contributed by atoms with E-state index in [2.05, 4.69) is 5.32 Å². The van der Waals surface area contributed by atoms with Gasteiger partial charge in [-0.25, -0.2) is 0 Å². The fourth-order valence-electron chi connectivity index (χ4n) is 3.57. The lowest BCUT2D eigenvalue weighted by Gasteiger charge is -2.31. The van der Waals surface area contributed by atoms with Gasteiger partial charge in [0.1, 0.15) is 0 Å². The molecule has 1 heterocycles. The Balaban J connectivity index is 1.72. The number of alkyl halides is 3. The van der Waals surface area contributed by atoms with E-state index >= 15 is 0 Å². The van der Waals surface area contributed by atoms with Crippen molar-refractivity contribution in [3.8, 4) is 0 Å². The molecule has 2 unspecified atom stereocenters. The summed E-state index contributed by atoms with van der Waals surface area (Å²) in [5.74, 6) is -1.50. The van der Waals surface area contributed by atoms with E-state index in [4.69, 9.17) is 0 Å². The van der Waals surface area contributed by atoms with Crippen molar-refractivity contribution in [1.82, 2.24) is 10.2 Å². The van der Waals surface area contributed by atoms with Crippen LogP contribution in [0.25, 0.3) is 0 Å². The van der Waals surface area contributed by atoms with Crippen LogP contribution in [-0.2, 0) is 4.79 Å². The maximum atomic E-state index is 13.0. The zero-order valence-corrected chi connectivity index (χ0v) is 13.8. The van der Waals surface area contributed by atoms with Crippen LogP contribution in [0.5, 0.6) is 0 Å². The van der Waals surface area contributed by atoms with E-state index in [1.54, 1.807) is 0 Å². The van der Waals surface area contributed by atoms with Crippen LogP contribution in [0.2, 0.25) is 0 Å². The van der Waals surface area contributed by atoms with Gasteiger partial charge in [0, 0.05) is 18.5 Å². The molecule has 0 radical (unpaired) electrons. The minimum absolute atomic E-state index is 0.0265. The molecule has 1 saturated heterocycles. The molecule has 1 aromatic rings. The van der Waals surface area contributed by atoms with Crippen molar-refractivity contribution in [1.29, 1.82) is 0 Å². The highest BCUT2D eigenvalue weighted by Gasteiger charge is 2.52. The molecule has 1 N–H and O–H groups in total. The highest BCUT2D eigenvalue weighted by molar-refractivity contribution is 5.82. The molecule has 1 saturated carbocycles. The monoisotopic (exact) mass is 340 g/mol. The minimum atomic E-state index is -4.80. The van der Waals surface area contributed by atoms with E-state index in [1.807, 2.05) is 31.2 Å². The second kappa shape index (κ2) is 6.75. The van der Waals surface area contributed by atoms with Crippen molar-refractivity contribution in [2.45, 2.75) is 44.3 Å². The summed E-state index contributed by atoms with van der Waals surface area (Å²) >= 11 is 0. The molecular weight excluding hydrogens is 317 g/mol. The number of halogens is 3. The second-order valence-corrected chi connectivity index (χ2v) is 6.97. The zero-order valence-electron chi connectivity index (χ0n) is 13.8. The summed E-state index contributed by atoms with van der Waals surface area (Å²) in [6, 6.07) is 7.53. The Bertz CT molecular complexity index is 579. The first-order valence-corrected chi connectivity index (χ1v) is 8.51. The van der Waals surface area contributed by atoms with Crippen molar-refractivity contribution in [3.05, 3.63) is 35.4 Å². The number of benzene rings is 1. The summed E-state index contributed by atoms with van der Waals surface area (Å²) in [7, 11) is 0. The van der Waals surface area contributed by atoms with E-state index in [1.165, 1.54) is 0 Å². The molecule has 2 aliphatic rings. The van der Waals surface area contributed by atoms with Gasteiger partial charge in [-0.15, -0.1) is 0 Å². The fourth-order valence-corrected chi connectivity index (χ4v) is 3.57. The van der Waals surface area contributed by atoms with Crippen LogP contribution >= 0.6 is 0 Å². The molecule has 3 nitrogen and oxygen atoms in total. The third-order valence-electron chi connectivity index (χ3n) is 5.08. The number of carbonyl (C=O) groups excluding carboxylic acids is 1. The molecule has 1 aromatic carbocycles. The van der Waals surface area contributed by atoms with E-state index in [0.29, 0.717) is 6.42 Å². The number of nitrogens with zero attached hydrogens (tertiary/aromatic N) is 1. The highest BCUT2D eigenvalue weighted by Crippen LogP contribution is 2.46. The van der Waals surface area contributed by atoms with Crippen molar-refractivity contribution in [2.75, 3.05) is 19.6 Å². The Hall–Kier alpha value is -1.56. The number of nitrogens with one attached hydrogen (secondary N) is 1. The van der Waals surface area contributed by atoms with Gasteiger partial charge in [-0.3, -0.25) is 4.79 Å². The lowest BCUT2D eigenvalue weighted by molar-refractivity contribution is -0.186. The summed E-state index contributed by atoms with van der Waals surface area (Å²) in [4.78, 5) is 13.0. The molecule has 0 aromatic heterocycles. The van der Waals surface area contributed by atoms with Gasteiger partial charge in [0.15, 0.2) is 0 Å². The summed E-state index contributed by atoms with van der Waals surface area (Å²) in [6.45, 7) is 3.81. The minimum Gasteiger partial charge on any atom is -0.331 e. The maximum Gasteiger partial charge on any atom is 0.471 e. The fraction of sp³-hybridized carbons (Fsp3) is 0.611. The normalized spacial score (nSPS) is 24.7. The van der Waals surface area contributed by atoms with Gasteiger partial charge in [0.2, 0.25) is 0 Å². The summed E-state index contributed by atoms with van der Waals surface area (Å²) < 4.78 is 39.1. The van der Waals surface area contributed by atoms with Crippen molar-refractivity contribution < 1.29 is 18.0 Å². The first kappa shape index (κ1) is 17.3. The van der Waals surface area contributed by atoms with Gasteiger partial charge < -0.3 is 10.2 Å². The molecular formula is C18H23F3N2O. The SMILES string of the molecule is Cc1ccc(C2CC2N(CC2CCNCC2)C(=O)C(F)(F)F)cc1. The average molecular weight is 340 g/mol. The van der Waals surface area contributed by atoms with Crippen LogP contribution in [0.15, 0.2) is 24.3 Å². The van der Waals surface area contributed by atoms with E-state index < -0.39 is 12.1 Å². The first-order valence-electron chi connectivity index (χ1n) is 8.51. The second-order valence-electron chi connectivity index (χ2n) is 6.97. The molecule has 1 aliphatic heterocycles. The molecule has 1 aliphatic carbocycles. The van der Waals surface area contributed by atoms with Crippen LogP contribution in [-0.4, -0.2) is 42.7 Å². The van der Waals surface area contributed by atoms with Gasteiger partial charge in [-0.1, -0.05) is 29.8 Å². The number of aryl methyl sites for hydroxylation is 1. The van der Waals surface area contributed by atoms with Crippen LogP contribution in [0.1, 0.15) is 36.3 Å². The quantitative estimate of drug-likeness (QED) is 0.913. The predicted octanol–water partition coefficient (Wildman–Crippen LogP) is 3.24. The van der Waals surface area contributed by atoms with Crippen molar-refractivity contribution in [3.63, 3.8) is 0 Å². The Morgan fingerprint density at radius 2 is 1.83 bits per heavy atom. The number of amides is 1. The molecule has 0 bridgehead atoms. The van der Waals surface area contributed by atoms with Gasteiger partial charge in [-0.2, -0.15) is 13.2 Å². The number of rotatable bonds is 4. The highest BCUT2D eigenvalue weighted by atomic mass is 19.4. The number of hydrogen-bond donors (Lipinski definition) is 1. The molecule has 6 heteroatoms. The third-order valence-corrected chi connectivity index (χ3v) is 5.08. The molecule has 2 fully saturated rings. The summed E-state index contributed by atoms with van der Waals surface area (Å²) in [6.07, 6.45) is -2.53. The summed E-state index contributed by atoms with van der Waals surface area (Å²) in [5.41, 5.74) is 2.14. The molecule has 0 spiro atoms. The molecule has 2 atom stereocenters. The topological polar surface area (TPSA) is 32.3 Å². The first-order chi connectivity index (χ1) is 11.4. The Morgan fingerprint density at radius 3 is 2.42 bits per heavy atom. The van der Waals surface area contributed by atoms with Crippen LogP contribution in [0, 0.1) is 12.8 Å². The third kappa shape index (κ3) is 3.91. The predicted molar refractivity (Wildman–Crippen MR) is 85.7 cm³/mol. The van der Waals surface area contributed by atoms with Gasteiger partial charge in [0.05, 0.1) is 0 Å². The van der Waals surface area contributed by atoms with Crippen LogP contribution in [0.4, 0.5) is 13.2 Å². The lowest BCUT2D eigenvalue weighted by atomic mass is 9.97. The van der Waals surface area contributed by atoms with Gasteiger partial charge in [-0.05, 0) is 50.8 Å². The Morgan fingerprint density at radius 1 is 1.21 bits per heavy atom. The molecule has 24 heavy (non-hydrogen) atoms. The van der Waals surface area contributed by atoms with Crippen molar-refractivity contribution >= 4 is 5.91 Å². The van der Waals surface area contributed by atoms with Gasteiger partial charge in [0.25, 0.3) is 0 Å². The van der Waals surface area contributed by atoms with Crippen LogP contribution in [0.3, 0.4) is 0 Å². The van der Waals surface area contributed by atoms with E-state index in [-0.39, 0.29) is 24.4 Å². The smallest absolute Gasteiger partial charge is 0.331 e. The number of piperidine rings is 1. The van der Waals surface area contributed by atoms with Gasteiger partial charge >= 0.3 is 12.1 Å². The summed E-state index contributed by atoms with van der Waals surface area (Å²) in [5, 5.41) is 3.21. The molecule has 1 amide bonds. The maximum absolute atomic E-state index is 13.0. The number of carbonyl (C=O) groups is 1. The van der Waals surface area contributed by atoms with Crippen molar-refractivity contribution in [2.24, 2.45) is 5.92 Å². The Labute approximate surface area is 140 Å². The average Bonchev–Trinajstić information content (AvgIpc) is 3.33. The lowest BCUT2D eigenvalue weighted by Crippen LogP contribution is -2.46. The van der Waals surface area contributed by atoms with E-state index in [9.17, 15) is 18.0 Å². The van der Waals surface area contributed by atoms with Crippen LogP contribution < -0.4 is 5.32 Å². The molecule has 132 valence electrons. The standard InChI is InChI=1S/C18H23F3N2O/c1-12-2-4-14(5-3-12)15-10-16(15)23(17(24)18(19,20)21)11-13-6-8-22-9-7-13/h2-5,13,15-16,22H,6-11H2,1H3. The largest absolute Gasteiger partial charge is 0.471 e. The molecule has 3 rings (SSSR count). The Kier molecular flexibility index (Phi) is 4.85. The number of hydrogen-bond acceptors (Lipinski definition) is 2. The van der Waals surface area contributed by atoms with E-state index in [0.717, 1.165) is 42.0 Å². The zero-order chi connectivity index (χ0) is 17.3.